The van der Waals surface area contributed by atoms with E-state index >= 15 is 0 Å². The quantitative estimate of drug-likeness (QED) is 0.324. The molecular formula is C22H33IN4OS. The van der Waals surface area contributed by atoms with Crippen molar-refractivity contribution in [1.29, 1.82) is 0 Å². The molecule has 0 spiro atoms. The highest BCUT2D eigenvalue weighted by Crippen LogP contribution is 2.25. The Bertz CT molecular complexity index is 747. The predicted molar refractivity (Wildman–Crippen MR) is 134 cm³/mol. The van der Waals surface area contributed by atoms with E-state index in [1.54, 1.807) is 0 Å². The zero-order valence-electron chi connectivity index (χ0n) is 17.6. The molecule has 0 saturated carbocycles. The second-order valence-electron chi connectivity index (χ2n) is 7.33. The van der Waals surface area contributed by atoms with Gasteiger partial charge in [0.15, 0.2) is 5.96 Å². The first-order valence-electron chi connectivity index (χ1n) is 10.0. The largest absolute Gasteiger partial charge is 0.379 e. The lowest BCUT2D eigenvalue weighted by Gasteiger charge is -2.34. The van der Waals surface area contributed by atoms with Crippen molar-refractivity contribution in [3.05, 3.63) is 57.8 Å². The maximum Gasteiger partial charge on any atom is 0.191 e. The van der Waals surface area contributed by atoms with Crippen molar-refractivity contribution in [1.82, 2.24) is 15.5 Å². The number of morpholine rings is 1. The first-order chi connectivity index (χ1) is 13.7. The summed E-state index contributed by atoms with van der Waals surface area (Å²) < 4.78 is 5.53. The number of aliphatic imine (C=N–C) groups is 1. The summed E-state index contributed by atoms with van der Waals surface area (Å²) >= 11 is 1.82. The molecule has 3 rings (SSSR count). The van der Waals surface area contributed by atoms with Gasteiger partial charge in [-0.25, -0.2) is 0 Å². The number of halogens is 1. The number of aryl methyl sites for hydroxylation is 1. The second-order valence-corrected chi connectivity index (χ2v) is 8.31. The summed E-state index contributed by atoms with van der Waals surface area (Å²) in [5.74, 6) is 1.28. The van der Waals surface area contributed by atoms with Crippen LogP contribution in [0.15, 0.2) is 46.8 Å². The Labute approximate surface area is 196 Å². The molecule has 1 aliphatic rings. The molecule has 2 aromatic rings. The van der Waals surface area contributed by atoms with Crippen LogP contribution in [0.2, 0.25) is 0 Å². The summed E-state index contributed by atoms with van der Waals surface area (Å²) in [7, 11) is 1.83. The van der Waals surface area contributed by atoms with Gasteiger partial charge in [0.25, 0.3) is 0 Å². The molecule has 2 N–H and O–H groups in total. The van der Waals surface area contributed by atoms with Crippen LogP contribution in [0.1, 0.15) is 34.9 Å². The SMILES string of the molecule is CN=C(NCC(C)c1cccc(C)c1)NCC(c1cccs1)N1CCOCC1.I. The minimum Gasteiger partial charge on any atom is -0.379 e. The summed E-state index contributed by atoms with van der Waals surface area (Å²) in [6.07, 6.45) is 0. The number of hydrogen-bond donors (Lipinski definition) is 2. The van der Waals surface area contributed by atoms with Crippen LogP contribution in [0.4, 0.5) is 0 Å². The number of hydrogen-bond acceptors (Lipinski definition) is 4. The molecule has 5 nitrogen and oxygen atoms in total. The van der Waals surface area contributed by atoms with E-state index in [1.807, 2.05) is 18.4 Å². The lowest BCUT2D eigenvalue weighted by molar-refractivity contribution is 0.0177. The zero-order chi connectivity index (χ0) is 19.8. The molecule has 1 aromatic carbocycles. The highest BCUT2D eigenvalue weighted by molar-refractivity contribution is 14.0. The smallest absolute Gasteiger partial charge is 0.191 e. The first-order valence-corrected chi connectivity index (χ1v) is 10.9. The molecule has 29 heavy (non-hydrogen) atoms. The van der Waals surface area contributed by atoms with E-state index in [9.17, 15) is 0 Å². The molecule has 2 heterocycles. The van der Waals surface area contributed by atoms with Crippen LogP contribution in [-0.4, -0.2) is 57.3 Å². The lowest BCUT2D eigenvalue weighted by atomic mass is 9.99. The van der Waals surface area contributed by atoms with Crippen LogP contribution in [0, 0.1) is 6.92 Å². The normalized spacial score (nSPS) is 17.3. The van der Waals surface area contributed by atoms with Crippen LogP contribution in [0.25, 0.3) is 0 Å². The standard InChI is InChI=1S/C22H32N4OS.HI/c1-17-6-4-7-19(14-17)18(2)15-24-22(23-3)25-16-20(21-8-5-13-28-21)26-9-11-27-12-10-26;/h4-8,13-14,18,20H,9-12,15-16H2,1-3H3,(H2,23,24,25);1H. The maximum atomic E-state index is 5.53. The van der Waals surface area contributed by atoms with Crippen molar-refractivity contribution >= 4 is 41.3 Å². The topological polar surface area (TPSA) is 48.9 Å². The average molecular weight is 529 g/mol. The first kappa shape index (κ1) is 24.1. The Morgan fingerprint density at radius 2 is 1.93 bits per heavy atom. The van der Waals surface area contributed by atoms with Crippen molar-refractivity contribution in [3.63, 3.8) is 0 Å². The molecule has 0 amide bonds. The van der Waals surface area contributed by atoms with E-state index < -0.39 is 0 Å². The van der Waals surface area contributed by atoms with Gasteiger partial charge in [-0.1, -0.05) is 42.8 Å². The molecule has 1 aromatic heterocycles. The summed E-state index contributed by atoms with van der Waals surface area (Å²) in [5, 5.41) is 9.18. The highest BCUT2D eigenvalue weighted by Gasteiger charge is 2.23. The molecule has 2 unspecified atom stereocenters. The monoisotopic (exact) mass is 528 g/mol. The predicted octanol–water partition coefficient (Wildman–Crippen LogP) is 4.02. The molecular weight excluding hydrogens is 495 g/mol. The van der Waals surface area contributed by atoms with Gasteiger partial charge in [0, 0.05) is 38.1 Å². The molecule has 0 bridgehead atoms. The molecule has 160 valence electrons. The van der Waals surface area contributed by atoms with Crippen molar-refractivity contribution in [2.45, 2.75) is 25.8 Å². The summed E-state index contributed by atoms with van der Waals surface area (Å²) in [5.41, 5.74) is 2.66. The van der Waals surface area contributed by atoms with Gasteiger partial charge in [0.2, 0.25) is 0 Å². The molecule has 7 heteroatoms. The van der Waals surface area contributed by atoms with Crippen LogP contribution >= 0.6 is 35.3 Å². The summed E-state index contributed by atoms with van der Waals surface area (Å²) in [6, 6.07) is 13.4. The van der Waals surface area contributed by atoms with E-state index in [0.717, 1.165) is 45.4 Å². The third-order valence-electron chi connectivity index (χ3n) is 5.23. The molecule has 1 fully saturated rings. The Morgan fingerprint density at radius 1 is 1.17 bits per heavy atom. The minimum atomic E-state index is 0. The summed E-state index contributed by atoms with van der Waals surface area (Å²) in [4.78, 5) is 8.32. The van der Waals surface area contributed by atoms with Crippen molar-refractivity contribution in [3.8, 4) is 0 Å². The number of nitrogens with one attached hydrogen (secondary N) is 2. The minimum absolute atomic E-state index is 0. The third-order valence-corrected chi connectivity index (χ3v) is 6.20. The van der Waals surface area contributed by atoms with Gasteiger partial charge < -0.3 is 15.4 Å². The van der Waals surface area contributed by atoms with Crippen LogP contribution < -0.4 is 10.6 Å². The van der Waals surface area contributed by atoms with Gasteiger partial charge in [-0.15, -0.1) is 35.3 Å². The molecule has 0 aliphatic carbocycles. The van der Waals surface area contributed by atoms with Gasteiger partial charge in [-0.05, 0) is 29.9 Å². The highest BCUT2D eigenvalue weighted by atomic mass is 127. The lowest BCUT2D eigenvalue weighted by Crippen LogP contribution is -2.46. The molecule has 1 saturated heterocycles. The van der Waals surface area contributed by atoms with Crippen LogP contribution in [0.3, 0.4) is 0 Å². The number of ether oxygens (including phenoxy) is 1. The maximum absolute atomic E-state index is 5.53. The Hall–Kier alpha value is -1.16. The van der Waals surface area contributed by atoms with Crippen LogP contribution in [-0.2, 0) is 4.74 Å². The summed E-state index contributed by atoms with van der Waals surface area (Å²) in [6.45, 7) is 9.63. The fourth-order valence-corrected chi connectivity index (χ4v) is 4.40. The Morgan fingerprint density at radius 3 is 2.59 bits per heavy atom. The second kappa shape index (κ2) is 12.5. The van der Waals surface area contributed by atoms with Crippen LogP contribution in [0.5, 0.6) is 0 Å². The van der Waals surface area contributed by atoms with Gasteiger partial charge >= 0.3 is 0 Å². The Balaban J connectivity index is 0.00000300. The van der Waals surface area contributed by atoms with E-state index in [-0.39, 0.29) is 24.0 Å². The number of thiophene rings is 1. The van der Waals surface area contributed by atoms with Gasteiger partial charge in [-0.3, -0.25) is 9.89 Å². The number of benzene rings is 1. The number of guanidine groups is 1. The molecule has 2 atom stereocenters. The Kier molecular flexibility index (Phi) is 10.4. The average Bonchev–Trinajstić information content (AvgIpc) is 3.25. The van der Waals surface area contributed by atoms with Crippen molar-refractivity contribution in [2.24, 2.45) is 4.99 Å². The van der Waals surface area contributed by atoms with Crippen molar-refractivity contribution in [2.75, 3.05) is 46.4 Å². The molecule has 0 radical (unpaired) electrons. The number of nitrogens with zero attached hydrogens (tertiary/aromatic N) is 2. The van der Waals surface area contributed by atoms with Gasteiger partial charge in [0.1, 0.15) is 0 Å². The van der Waals surface area contributed by atoms with Crippen molar-refractivity contribution < 1.29 is 4.74 Å². The molecule has 1 aliphatic heterocycles. The number of rotatable bonds is 7. The van der Waals surface area contributed by atoms with E-state index in [4.69, 9.17) is 4.74 Å². The van der Waals surface area contributed by atoms with E-state index in [1.165, 1.54) is 16.0 Å². The fourth-order valence-electron chi connectivity index (χ4n) is 3.54. The van der Waals surface area contributed by atoms with Gasteiger partial charge in [-0.2, -0.15) is 0 Å². The third kappa shape index (κ3) is 7.24. The van der Waals surface area contributed by atoms with Gasteiger partial charge in [0.05, 0.1) is 19.3 Å². The van der Waals surface area contributed by atoms with E-state index in [0.29, 0.717) is 12.0 Å². The van der Waals surface area contributed by atoms with E-state index in [2.05, 4.69) is 76.2 Å². The zero-order valence-corrected chi connectivity index (χ0v) is 20.7. The fraction of sp³-hybridized carbons (Fsp3) is 0.500.